The largest absolute Gasteiger partial charge is 0.418 e. The van der Waals surface area contributed by atoms with Gasteiger partial charge in [-0.2, -0.15) is 13.2 Å². The first-order chi connectivity index (χ1) is 13.4. The number of benzene rings is 2. The van der Waals surface area contributed by atoms with E-state index in [2.05, 4.69) is 34.5 Å². The molecule has 3 nitrogen and oxygen atoms in total. The molecule has 148 valence electrons. The Bertz CT molecular complexity index is 813. The van der Waals surface area contributed by atoms with Gasteiger partial charge in [0.25, 0.3) is 0 Å². The second kappa shape index (κ2) is 9.21. The third-order valence-electron chi connectivity index (χ3n) is 4.61. The number of nitrogens with zero attached hydrogens (tertiary/aromatic N) is 2. The predicted molar refractivity (Wildman–Crippen MR) is 111 cm³/mol. The van der Waals surface area contributed by atoms with E-state index in [0.29, 0.717) is 18.2 Å². The van der Waals surface area contributed by atoms with Gasteiger partial charge in [0.1, 0.15) is 0 Å². The Labute approximate surface area is 168 Å². The summed E-state index contributed by atoms with van der Waals surface area (Å²) in [6, 6.07) is 15.5. The van der Waals surface area contributed by atoms with Crippen LogP contribution in [0.5, 0.6) is 0 Å². The molecule has 0 amide bonds. The number of alkyl halides is 3. The molecule has 0 radical (unpaired) electrons. The lowest BCUT2D eigenvalue weighted by Crippen LogP contribution is -2.49. The molecule has 3 rings (SSSR count). The summed E-state index contributed by atoms with van der Waals surface area (Å²) in [6.45, 7) is 3.81. The monoisotopic (exact) mass is 405 g/mol. The quantitative estimate of drug-likeness (QED) is 0.741. The minimum atomic E-state index is -4.41. The SMILES string of the molecule is FC(F)(F)c1ccccc1NC(=S)N1CCN(CC=Cc2ccccc2)CC1. The van der Waals surface area contributed by atoms with Gasteiger partial charge in [-0.25, -0.2) is 0 Å². The minimum absolute atomic E-state index is 0.00627. The predicted octanol–water partition coefficient (Wildman–Crippen LogP) is 4.73. The van der Waals surface area contributed by atoms with E-state index in [1.54, 1.807) is 6.07 Å². The van der Waals surface area contributed by atoms with Gasteiger partial charge < -0.3 is 10.2 Å². The van der Waals surface area contributed by atoms with Crippen molar-refractivity contribution in [2.75, 3.05) is 38.0 Å². The van der Waals surface area contributed by atoms with Gasteiger partial charge in [-0.15, -0.1) is 0 Å². The molecular formula is C21H22F3N3S. The zero-order valence-electron chi connectivity index (χ0n) is 15.3. The molecule has 1 fully saturated rings. The second-order valence-electron chi connectivity index (χ2n) is 6.57. The van der Waals surface area contributed by atoms with E-state index >= 15 is 0 Å². The van der Waals surface area contributed by atoms with Crippen LogP contribution in [-0.4, -0.2) is 47.6 Å². The van der Waals surface area contributed by atoms with Gasteiger partial charge in [0.05, 0.1) is 11.3 Å². The average Bonchev–Trinajstić information content (AvgIpc) is 2.69. The fourth-order valence-electron chi connectivity index (χ4n) is 3.07. The summed E-state index contributed by atoms with van der Waals surface area (Å²) in [5.41, 5.74) is 0.449. The number of thiocarbonyl (C=S) groups is 1. The Kier molecular flexibility index (Phi) is 6.70. The fraction of sp³-hybridized carbons (Fsp3) is 0.286. The van der Waals surface area contributed by atoms with Crippen molar-refractivity contribution in [2.45, 2.75) is 6.18 Å². The van der Waals surface area contributed by atoms with Crippen molar-refractivity contribution < 1.29 is 13.2 Å². The lowest BCUT2D eigenvalue weighted by atomic mass is 10.1. The molecule has 1 aliphatic heterocycles. The Morgan fingerprint density at radius 1 is 0.964 bits per heavy atom. The maximum Gasteiger partial charge on any atom is 0.418 e. The zero-order valence-corrected chi connectivity index (χ0v) is 16.1. The van der Waals surface area contributed by atoms with Gasteiger partial charge in [-0.05, 0) is 29.9 Å². The molecule has 1 N–H and O–H groups in total. The molecule has 1 saturated heterocycles. The van der Waals surface area contributed by atoms with Gasteiger partial charge in [0, 0.05) is 32.7 Å². The standard InChI is InChI=1S/C21H22F3N3S/c22-21(23,24)18-10-4-5-11-19(18)25-20(28)27-15-13-26(14-16-27)12-6-9-17-7-2-1-3-8-17/h1-11H,12-16H2,(H,25,28). The number of hydrogen-bond donors (Lipinski definition) is 1. The lowest BCUT2D eigenvalue weighted by Gasteiger charge is -2.36. The maximum atomic E-state index is 13.1. The van der Waals surface area contributed by atoms with Gasteiger partial charge in [-0.3, -0.25) is 4.90 Å². The van der Waals surface area contributed by atoms with E-state index in [0.717, 1.165) is 31.3 Å². The van der Waals surface area contributed by atoms with Crippen LogP contribution in [-0.2, 0) is 6.18 Å². The first-order valence-corrected chi connectivity index (χ1v) is 9.50. The van der Waals surface area contributed by atoms with Crippen molar-refractivity contribution in [3.8, 4) is 0 Å². The molecule has 2 aromatic rings. The molecule has 0 saturated carbocycles. The highest BCUT2D eigenvalue weighted by molar-refractivity contribution is 7.80. The topological polar surface area (TPSA) is 18.5 Å². The Morgan fingerprint density at radius 2 is 1.61 bits per heavy atom. The molecule has 0 unspecified atom stereocenters. The third kappa shape index (κ3) is 5.56. The van der Waals surface area contributed by atoms with E-state index < -0.39 is 11.7 Å². The molecule has 7 heteroatoms. The third-order valence-corrected chi connectivity index (χ3v) is 4.97. The van der Waals surface area contributed by atoms with Crippen molar-refractivity contribution >= 4 is 29.1 Å². The normalized spacial score (nSPS) is 15.8. The van der Waals surface area contributed by atoms with Crippen molar-refractivity contribution in [2.24, 2.45) is 0 Å². The summed E-state index contributed by atoms with van der Waals surface area (Å²) in [7, 11) is 0. The number of hydrogen-bond acceptors (Lipinski definition) is 2. The van der Waals surface area contributed by atoms with E-state index in [1.165, 1.54) is 12.1 Å². The molecule has 0 aliphatic carbocycles. The molecule has 1 aliphatic rings. The number of para-hydroxylation sites is 1. The smallest absolute Gasteiger partial charge is 0.346 e. The first-order valence-electron chi connectivity index (χ1n) is 9.09. The van der Waals surface area contributed by atoms with Gasteiger partial charge in [-0.1, -0.05) is 54.6 Å². The molecule has 28 heavy (non-hydrogen) atoms. The molecule has 0 bridgehead atoms. The lowest BCUT2D eigenvalue weighted by molar-refractivity contribution is -0.136. The van der Waals surface area contributed by atoms with Gasteiger partial charge in [0.15, 0.2) is 5.11 Å². The molecule has 2 aromatic carbocycles. The van der Waals surface area contributed by atoms with Crippen LogP contribution in [0.15, 0.2) is 60.7 Å². The fourth-order valence-corrected chi connectivity index (χ4v) is 3.36. The van der Waals surface area contributed by atoms with Crippen LogP contribution in [0.4, 0.5) is 18.9 Å². The van der Waals surface area contributed by atoms with Crippen LogP contribution in [0.2, 0.25) is 0 Å². The van der Waals surface area contributed by atoms with E-state index in [9.17, 15) is 13.2 Å². The van der Waals surface area contributed by atoms with Crippen LogP contribution in [0.1, 0.15) is 11.1 Å². The minimum Gasteiger partial charge on any atom is -0.346 e. The molecule has 0 atom stereocenters. The molecular weight excluding hydrogens is 383 g/mol. The number of piperazine rings is 1. The Hall–Kier alpha value is -2.38. The van der Waals surface area contributed by atoms with Crippen molar-refractivity contribution in [3.63, 3.8) is 0 Å². The Balaban J connectivity index is 1.50. The van der Waals surface area contributed by atoms with Crippen LogP contribution in [0.25, 0.3) is 6.08 Å². The zero-order chi connectivity index (χ0) is 20.0. The average molecular weight is 405 g/mol. The summed E-state index contributed by atoms with van der Waals surface area (Å²) < 4.78 is 39.4. The van der Waals surface area contributed by atoms with Crippen LogP contribution in [0.3, 0.4) is 0 Å². The van der Waals surface area contributed by atoms with E-state index in [4.69, 9.17) is 12.2 Å². The highest BCUT2D eigenvalue weighted by atomic mass is 32.1. The van der Waals surface area contributed by atoms with Crippen LogP contribution < -0.4 is 5.32 Å². The van der Waals surface area contributed by atoms with E-state index in [-0.39, 0.29) is 5.69 Å². The molecule has 0 aromatic heterocycles. The second-order valence-corrected chi connectivity index (χ2v) is 6.96. The summed E-state index contributed by atoms with van der Waals surface area (Å²) in [4.78, 5) is 4.21. The number of halogens is 3. The van der Waals surface area contributed by atoms with Crippen LogP contribution >= 0.6 is 12.2 Å². The summed E-state index contributed by atoms with van der Waals surface area (Å²) in [5, 5.41) is 3.10. The van der Waals surface area contributed by atoms with E-state index in [1.807, 2.05) is 23.1 Å². The number of rotatable bonds is 4. The first kappa shape index (κ1) is 20.4. The Morgan fingerprint density at radius 3 is 2.29 bits per heavy atom. The van der Waals surface area contributed by atoms with Crippen LogP contribution in [0, 0.1) is 0 Å². The molecule has 1 heterocycles. The van der Waals surface area contributed by atoms with Gasteiger partial charge >= 0.3 is 6.18 Å². The van der Waals surface area contributed by atoms with Crippen molar-refractivity contribution in [1.82, 2.24) is 9.80 Å². The number of anilines is 1. The summed E-state index contributed by atoms with van der Waals surface area (Å²) >= 11 is 5.34. The number of nitrogens with one attached hydrogen (secondary N) is 1. The highest BCUT2D eigenvalue weighted by Gasteiger charge is 2.33. The highest BCUT2D eigenvalue weighted by Crippen LogP contribution is 2.34. The van der Waals surface area contributed by atoms with Crippen molar-refractivity contribution in [1.29, 1.82) is 0 Å². The summed E-state index contributed by atoms with van der Waals surface area (Å²) in [5.74, 6) is 0. The maximum absolute atomic E-state index is 13.1. The van der Waals surface area contributed by atoms with Crippen molar-refractivity contribution in [3.05, 3.63) is 71.8 Å². The van der Waals surface area contributed by atoms with Gasteiger partial charge in [0.2, 0.25) is 0 Å². The summed E-state index contributed by atoms with van der Waals surface area (Å²) in [6.07, 6.45) is -0.198. The molecule has 0 spiro atoms.